The van der Waals surface area contributed by atoms with Crippen LogP contribution < -0.4 is 21.3 Å². The zero-order chi connectivity index (χ0) is 13.8. The lowest BCUT2D eigenvalue weighted by molar-refractivity contribution is 0.387. The highest BCUT2D eigenvalue weighted by Gasteiger charge is 2.05. The fraction of sp³-hybridized carbons (Fsp3) is 0.167. The third-order valence-corrected chi connectivity index (χ3v) is 2.41. The molecule has 0 saturated carbocycles. The molecular formula is C12H14FN5O. The van der Waals surface area contributed by atoms with Crippen LogP contribution in [-0.4, -0.2) is 17.1 Å². The number of anilines is 3. The van der Waals surface area contributed by atoms with Gasteiger partial charge >= 0.3 is 0 Å². The number of aryl methyl sites for hydroxylation is 1. The Hall–Kier alpha value is -2.41. The minimum atomic E-state index is -0.420. The van der Waals surface area contributed by atoms with Gasteiger partial charge in [0.05, 0.1) is 7.11 Å². The van der Waals surface area contributed by atoms with Crippen molar-refractivity contribution in [3.8, 4) is 5.75 Å². The Balaban J connectivity index is 2.28. The number of ether oxygens (including phenoxy) is 1. The van der Waals surface area contributed by atoms with Gasteiger partial charge in [-0.05, 0) is 19.1 Å². The van der Waals surface area contributed by atoms with Crippen LogP contribution in [0.5, 0.6) is 5.75 Å². The third kappa shape index (κ3) is 3.08. The molecule has 19 heavy (non-hydrogen) atoms. The van der Waals surface area contributed by atoms with Crippen molar-refractivity contribution in [3.63, 3.8) is 0 Å². The fourth-order valence-corrected chi connectivity index (χ4v) is 1.58. The number of aromatic nitrogens is 2. The predicted molar refractivity (Wildman–Crippen MR) is 70.8 cm³/mol. The van der Waals surface area contributed by atoms with Gasteiger partial charge in [0.15, 0.2) is 11.6 Å². The molecule has 2 rings (SSSR count). The number of nitrogen functional groups attached to an aromatic ring is 1. The van der Waals surface area contributed by atoms with Crippen LogP contribution in [0.2, 0.25) is 0 Å². The van der Waals surface area contributed by atoms with Crippen LogP contribution in [0.1, 0.15) is 5.69 Å². The number of hydrogen-bond donors (Lipinski definition) is 3. The molecule has 0 radical (unpaired) electrons. The van der Waals surface area contributed by atoms with Gasteiger partial charge in [-0.2, -0.15) is 4.98 Å². The monoisotopic (exact) mass is 263 g/mol. The Kier molecular flexibility index (Phi) is 3.76. The van der Waals surface area contributed by atoms with Crippen molar-refractivity contribution >= 4 is 17.5 Å². The summed E-state index contributed by atoms with van der Waals surface area (Å²) in [5.74, 6) is 5.87. The summed E-state index contributed by atoms with van der Waals surface area (Å²) in [6.45, 7) is 1.82. The Morgan fingerprint density at radius 3 is 2.74 bits per heavy atom. The van der Waals surface area contributed by atoms with Gasteiger partial charge in [0.25, 0.3) is 0 Å². The Morgan fingerprint density at radius 1 is 1.26 bits per heavy atom. The Bertz CT molecular complexity index is 590. The molecule has 0 aliphatic heterocycles. The number of halogens is 1. The maximum Gasteiger partial charge on any atom is 0.239 e. The molecule has 7 heteroatoms. The lowest BCUT2D eigenvalue weighted by Crippen LogP contribution is -2.11. The molecule has 0 saturated heterocycles. The predicted octanol–water partition coefficient (Wildman–Crippen LogP) is 1.96. The fourth-order valence-electron chi connectivity index (χ4n) is 1.58. The number of methoxy groups -OCH3 is 1. The summed E-state index contributed by atoms with van der Waals surface area (Å²) >= 11 is 0. The van der Waals surface area contributed by atoms with E-state index in [9.17, 15) is 4.39 Å². The highest BCUT2D eigenvalue weighted by Crippen LogP contribution is 2.24. The van der Waals surface area contributed by atoms with Crippen molar-refractivity contribution < 1.29 is 9.13 Å². The summed E-state index contributed by atoms with van der Waals surface area (Å²) < 4.78 is 18.2. The van der Waals surface area contributed by atoms with Crippen LogP contribution in [0, 0.1) is 12.7 Å². The molecule has 0 amide bonds. The van der Waals surface area contributed by atoms with Gasteiger partial charge < -0.3 is 10.1 Å². The zero-order valence-electron chi connectivity index (χ0n) is 10.6. The first kappa shape index (κ1) is 13.0. The van der Waals surface area contributed by atoms with E-state index in [4.69, 9.17) is 10.6 Å². The van der Waals surface area contributed by atoms with E-state index in [1.165, 1.54) is 13.2 Å². The molecule has 1 heterocycles. The number of nitrogens with two attached hydrogens (primary N) is 1. The SMILES string of the molecule is COc1cc(Nc2cc(C)nc(NN)n2)ccc1F. The maximum absolute atomic E-state index is 13.3. The van der Waals surface area contributed by atoms with Crippen molar-refractivity contribution in [2.45, 2.75) is 6.92 Å². The Morgan fingerprint density at radius 2 is 2.05 bits per heavy atom. The van der Waals surface area contributed by atoms with E-state index < -0.39 is 5.82 Å². The van der Waals surface area contributed by atoms with Gasteiger partial charge in [-0.25, -0.2) is 15.2 Å². The van der Waals surface area contributed by atoms with Gasteiger partial charge in [-0.3, -0.25) is 5.43 Å². The number of hydrogen-bond acceptors (Lipinski definition) is 6. The number of benzene rings is 1. The van der Waals surface area contributed by atoms with Crippen LogP contribution in [-0.2, 0) is 0 Å². The summed E-state index contributed by atoms with van der Waals surface area (Å²) in [4.78, 5) is 8.20. The van der Waals surface area contributed by atoms with Crippen LogP contribution >= 0.6 is 0 Å². The van der Waals surface area contributed by atoms with E-state index in [2.05, 4.69) is 20.7 Å². The van der Waals surface area contributed by atoms with Crippen LogP contribution in [0.3, 0.4) is 0 Å². The molecule has 0 spiro atoms. The number of rotatable bonds is 4. The zero-order valence-corrected chi connectivity index (χ0v) is 10.6. The molecule has 2 aromatic rings. The summed E-state index contributed by atoms with van der Waals surface area (Å²) in [7, 11) is 1.41. The molecule has 0 bridgehead atoms. The minimum Gasteiger partial charge on any atom is -0.494 e. The molecule has 0 atom stereocenters. The van der Waals surface area contributed by atoms with E-state index in [1.807, 2.05) is 6.92 Å². The van der Waals surface area contributed by atoms with Gasteiger partial charge in [0.1, 0.15) is 5.82 Å². The molecule has 0 aliphatic rings. The largest absolute Gasteiger partial charge is 0.494 e. The second-order valence-electron chi connectivity index (χ2n) is 3.84. The van der Waals surface area contributed by atoms with E-state index in [0.717, 1.165) is 5.69 Å². The highest BCUT2D eigenvalue weighted by atomic mass is 19.1. The lowest BCUT2D eigenvalue weighted by Gasteiger charge is -2.09. The molecular weight excluding hydrogens is 249 g/mol. The first-order valence-corrected chi connectivity index (χ1v) is 5.55. The third-order valence-electron chi connectivity index (χ3n) is 2.41. The summed E-state index contributed by atoms with van der Waals surface area (Å²) in [5, 5.41) is 3.03. The molecule has 6 nitrogen and oxygen atoms in total. The average Bonchev–Trinajstić information content (AvgIpc) is 2.40. The van der Waals surface area contributed by atoms with Crippen molar-refractivity contribution in [1.29, 1.82) is 0 Å². The maximum atomic E-state index is 13.3. The van der Waals surface area contributed by atoms with Crippen molar-refractivity contribution in [2.75, 3.05) is 17.9 Å². The Labute approximate surface area is 109 Å². The second-order valence-corrected chi connectivity index (χ2v) is 3.84. The van der Waals surface area contributed by atoms with Gasteiger partial charge in [0, 0.05) is 23.5 Å². The van der Waals surface area contributed by atoms with Gasteiger partial charge in [-0.15, -0.1) is 0 Å². The topological polar surface area (TPSA) is 85.1 Å². The summed E-state index contributed by atoms with van der Waals surface area (Å²) in [5.41, 5.74) is 3.78. The molecule has 0 aliphatic carbocycles. The molecule has 0 unspecified atom stereocenters. The second kappa shape index (κ2) is 5.49. The summed E-state index contributed by atoms with van der Waals surface area (Å²) in [6.07, 6.45) is 0. The number of nitrogens with zero attached hydrogens (tertiary/aromatic N) is 2. The average molecular weight is 263 g/mol. The van der Waals surface area contributed by atoms with Crippen molar-refractivity contribution in [3.05, 3.63) is 35.8 Å². The first-order valence-electron chi connectivity index (χ1n) is 5.55. The molecule has 4 N–H and O–H groups in total. The van der Waals surface area contributed by atoms with E-state index in [0.29, 0.717) is 17.5 Å². The van der Waals surface area contributed by atoms with Crippen LogP contribution in [0.4, 0.5) is 21.8 Å². The van der Waals surface area contributed by atoms with Gasteiger partial charge in [0.2, 0.25) is 5.95 Å². The molecule has 1 aromatic heterocycles. The molecule has 1 aromatic carbocycles. The van der Waals surface area contributed by atoms with Crippen molar-refractivity contribution in [2.24, 2.45) is 5.84 Å². The minimum absolute atomic E-state index is 0.160. The van der Waals surface area contributed by atoms with E-state index in [-0.39, 0.29) is 5.75 Å². The molecule has 0 fully saturated rings. The van der Waals surface area contributed by atoms with Crippen molar-refractivity contribution in [1.82, 2.24) is 9.97 Å². The normalized spacial score (nSPS) is 10.1. The number of nitrogens with one attached hydrogen (secondary N) is 2. The smallest absolute Gasteiger partial charge is 0.239 e. The van der Waals surface area contributed by atoms with Gasteiger partial charge in [-0.1, -0.05) is 0 Å². The van der Waals surface area contributed by atoms with Crippen LogP contribution in [0.25, 0.3) is 0 Å². The molecule has 100 valence electrons. The van der Waals surface area contributed by atoms with Crippen LogP contribution in [0.15, 0.2) is 24.3 Å². The quantitative estimate of drug-likeness (QED) is 0.577. The first-order chi connectivity index (χ1) is 9.12. The standard InChI is InChI=1S/C12H14FN5O/c1-7-5-11(17-12(15-7)18-14)16-8-3-4-9(13)10(6-8)19-2/h3-6H,14H2,1-2H3,(H2,15,16,17,18). The lowest BCUT2D eigenvalue weighted by atomic mass is 10.3. The highest BCUT2D eigenvalue weighted by molar-refractivity contribution is 5.59. The summed E-state index contributed by atoms with van der Waals surface area (Å²) in [6, 6.07) is 6.20. The van der Waals surface area contributed by atoms with E-state index in [1.54, 1.807) is 18.2 Å². The number of hydrazine groups is 1. The van der Waals surface area contributed by atoms with E-state index >= 15 is 0 Å².